The quantitative estimate of drug-likeness (QED) is 0.501. The smallest absolute Gasteiger partial charge is 0.00675 e. The first-order valence-electron chi connectivity index (χ1n) is 4.78. The van der Waals surface area contributed by atoms with E-state index in [4.69, 9.17) is 0 Å². The standard InChI is InChI=1S/C10H21S/c1-3-5-6-7-8-10-11-9-4-2/h2-10H2,1H3. The van der Waals surface area contributed by atoms with E-state index in [9.17, 15) is 0 Å². The van der Waals surface area contributed by atoms with Crippen molar-refractivity contribution in [2.24, 2.45) is 0 Å². The molecule has 0 aliphatic heterocycles. The van der Waals surface area contributed by atoms with Gasteiger partial charge in [-0.25, -0.2) is 0 Å². The number of thioether (sulfide) groups is 1. The third-order valence-corrected chi connectivity index (χ3v) is 2.84. The molecule has 1 radical (unpaired) electrons. The van der Waals surface area contributed by atoms with Crippen molar-refractivity contribution >= 4 is 11.8 Å². The van der Waals surface area contributed by atoms with Crippen molar-refractivity contribution in [3.63, 3.8) is 0 Å². The summed E-state index contributed by atoms with van der Waals surface area (Å²) < 4.78 is 0. The fourth-order valence-corrected chi connectivity index (χ4v) is 1.83. The molecule has 0 saturated carbocycles. The van der Waals surface area contributed by atoms with Crippen LogP contribution >= 0.6 is 11.8 Å². The summed E-state index contributed by atoms with van der Waals surface area (Å²) in [6, 6.07) is 0. The predicted molar refractivity (Wildman–Crippen MR) is 56.1 cm³/mol. The Labute approximate surface area is 76.1 Å². The zero-order valence-electron chi connectivity index (χ0n) is 7.77. The van der Waals surface area contributed by atoms with Gasteiger partial charge in [-0.15, -0.1) is 0 Å². The maximum Gasteiger partial charge on any atom is -0.00675 e. The van der Waals surface area contributed by atoms with Crippen LogP contribution in [0.5, 0.6) is 0 Å². The average Bonchev–Trinajstić information content (AvgIpc) is 2.03. The molecule has 0 aliphatic rings. The van der Waals surface area contributed by atoms with E-state index in [2.05, 4.69) is 13.8 Å². The Hall–Kier alpha value is 0.350. The molecule has 0 amide bonds. The zero-order chi connectivity index (χ0) is 8.36. The van der Waals surface area contributed by atoms with Gasteiger partial charge in [0.15, 0.2) is 0 Å². The lowest BCUT2D eigenvalue weighted by molar-refractivity contribution is 0.659. The molecule has 67 valence electrons. The summed E-state index contributed by atoms with van der Waals surface area (Å²) in [7, 11) is 0. The summed E-state index contributed by atoms with van der Waals surface area (Å²) in [5.41, 5.74) is 0. The van der Waals surface area contributed by atoms with E-state index in [0.717, 1.165) is 6.42 Å². The topological polar surface area (TPSA) is 0 Å². The van der Waals surface area contributed by atoms with E-state index >= 15 is 0 Å². The molecule has 0 saturated heterocycles. The van der Waals surface area contributed by atoms with Crippen molar-refractivity contribution in [3.05, 3.63) is 6.92 Å². The van der Waals surface area contributed by atoms with Crippen molar-refractivity contribution < 1.29 is 0 Å². The van der Waals surface area contributed by atoms with E-state index in [-0.39, 0.29) is 0 Å². The fraction of sp³-hybridized carbons (Fsp3) is 0.900. The first-order valence-corrected chi connectivity index (χ1v) is 5.94. The van der Waals surface area contributed by atoms with E-state index in [0.29, 0.717) is 0 Å². The van der Waals surface area contributed by atoms with Gasteiger partial charge in [0.25, 0.3) is 0 Å². The highest BCUT2D eigenvalue weighted by atomic mass is 32.2. The van der Waals surface area contributed by atoms with Gasteiger partial charge in [-0.1, -0.05) is 39.5 Å². The molecule has 0 atom stereocenters. The van der Waals surface area contributed by atoms with Gasteiger partial charge in [-0.05, 0) is 24.3 Å². The first-order chi connectivity index (χ1) is 5.41. The minimum absolute atomic E-state index is 1.08. The number of hydrogen-bond acceptors (Lipinski definition) is 1. The second-order valence-electron chi connectivity index (χ2n) is 2.88. The van der Waals surface area contributed by atoms with Crippen LogP contribution in [0.2, 0.25) is 0 Å². The molecule has 1 heteroatoms. The summed E-state index contributed by atoms with van der Waals surface area (Å²) in [5, 5.41) is 0. The summed E-state index contributed by atoms with van der Waals surface area (Å²) in [6.45, 7) is 6.07. The summed E-state index contributed by atoms with van der Waals surface area (Å²) in [6.07, 6.45) is 8.12. The van der Waals surface area contributed by atoms with Gasteiger partial charge in [-0.2, -0.15) is 11.8 Å². The number of rotatable bonds is 8. The minimum atomic E-state index is 1.08. The van der Waals surface area contributed by atoms with Crippen LogP contribution in [0.4, 0.5) is 0 Å². The molecule has 0 fully saturated rings. The Balaban J connectivity index is 2.69. The van der Waals surface area contributed by atoms with Crippen molar-refractivity contribution in [3.8, 4) is 0 Å². The lowest BCUT2D eigenvalue weighted by Crippen LogP contribution is -1.83. The van der Waals surface area contributed by atoms with Gasteiger partial charge in [-0.3, -0.25) is 0 Å². The molecule has 0 unspecified atom stereocenters. The van der Waals surface area contributed by atoms with Gasteiger partial charge in [0, 0.05) is 0 Å². The summed E-state index contributed by atoms with van der Waals surface area (Å²) in [4.78, 5) is 0. The van der Waals surface area contributed by atoms with Crippen molar-refractivity contribution in [2.75, 3.05) is 11.5 Å². The normalized spacial score (nSPS) is 10.4. The van der Waals surface area contributed by atoms with Gasteiger partial charge in [0.2, 0.25) is 0 Å². The average molecular weight is 173 g/mol. The first kappa shape index (κ1) is 11.4. The van der Waals surface area contributed by atoms with Gasteiger partial charge in [0.1, 0.15) is 0 Å². The summed E-state index contributed by atoms with van der Waals surface area (Å²) in [5.74, 6) is 2.59. The molecule has 0 rings (SSSR count). The van der Waals surface area contributed by atoms with Gasteiger partial charge < -0.3 is 0 Å². The highest BCUT2D eigenvalue weighted by molar-refractivity contribution is 7.99. The van der Waals surface area contributed by atoms with Crippen LogP contribution in [-0.4, -0.2) is 11.5 Å². The van der Waals surface area contributed by atoms with Crippen LogP contribution in [0.15, 0.2) is 0 Å². The van der Waals surface area contributed by atoms with Crippen molar-refractivity contribution in [1.82, 2.24) is 0 Å². The van der Waals surface area contributed by atoms with Crippen molar-refractivity contribution in [2.45, 2.75) is 45.4 Å². The molecule has 0 heterocycles. The second-order valence-corrected chi connectivity index (χ2v) is 4.10. The minimum Gasteiger partial charge on any atom is -0.162 e. The highest BCUT2D eigenvalue weighted by Gasteiger charge is 1.89. The Bertz CT molecular complexity index is 53.9. The SMILES string of the molecule is [CH2]CCSCCCCCCC. The molecule has 0 bridgehead atoms. The molecule has 11 heavy (non-hydrogen) atoms. The van der Waals surface area contributed by atoms with E-state index in [1.165, 1.54) is 43.6 Å². The van der Waals surface area contributed by atoms with E-state index in [1.54, 1.807) is 0 Å². The van der Waals surface area contributed by atoms with Crippen LogP contribution in [0.3, 0.4) is 0 Å². The molecular weight excluding hydrogens is 152 g/mol. The molecule has 0 N–H and O–H groups in total. The Morgan fingerprint density at radius 3 is 2.36 bits per heavy atom. The molecular formula is C10H21S. The summed E-state index contributed by atoms with van der Waals surface area (Å²) >= 11 is 2.05. The van der Waals surface area contributed by atoms with Crippen LogP contribution in [-0.2, 0) is 0 Å². The zero-order valence-corrected chi connectivity index (χ0v) is 8.59. The largest absolute Gasteiger partial charge is 0.162 e. The molecule has 0 aromatic carbocycles. The van der Waals surface area contributed by atoms with Crippen LogP contribution in [0.25, 0.3) is 0 Å². The second kappa shape index (κ2) is 10.3. The predicted octanol–water partition coefficient (Wildman–Crippen LogP) is 3.91. The van der Waals surface area contributed by atoms with Crippen LogP contribution < -0.4 is 0 Å². The third-order valence-electron chi connectivity index (χ3n) is 1.68. The lowest BCUT2D eigenvalue weighted by Gasteiger charge is -1.99. The molecule has 0 aliphatic carbocycles. The van der Waals surface area contributed by atoms with Crippen molar-refractivity contribution in [1.29, 1.82) is 0 Å². The number of hydrogen-bond donors (Lipinski definition) is 0. The van der Waals surface area contributed by atoms with E-state index < -0.39 is 0 Å². The van der Waals surface area contributed by atoms with Crippen LogP contribution in [0.1, 0.15) is 45.4 Å². The molecule has 0 aromatic rings. The maximum atomic E-state index is 3.81. The van der Waals surface area contributed by atoms with Crippen LogP contribution in [0, 0.1) is 6.92 Å². The fourth-order valence-electron chi connectivity index (χ4n) is 1.01. The Kier molecular flexibility index (Phi) is 10.7. The van der Waals surface area contributed by atoms with E-state index in [1.807, 2.05) is 11.8 Å². The monoisotopic (exact) mass is 173 g/mol. The lowest BCUT2D eigenvalue weighted by atomic mass is 10.2. The maximum absolute atomic E-state index is 3.81. The highest BCUT2D eigenvalue weighted by Crippen LogP contribution is 2.08. The Morgan fingerprint density at radius 2 is 1.73 bits per heavy atom. The Morgan fingerprint density at radius 1 is 1.00 bits per heavy atom. The van der Waals surface area contributed by atoms with Gasteiger partial charge >= 0.3 is 0 Å². The molecule has 0 spiro atoms. The number of unbranched alkanes of at least 4 members (excludes halogenated alkanes) is 4. The molecule has 0 aromatic heterocycles. The molecule has 0 nitrogen and oxygen atoms in total. The third kappa shape index (κ3) is 10.4. The van der Waals surface area contributed by atoms with Gasteiger partial charge in [0.05, 0.1) is 0 Å².